The van der Waals surface area contributed by atoms with Crippen LogP contribution in [0.1, 0.15) is 5.56 Å². The summed E-state index contributed by atoms with van der Waals surface area (Å²) in [4.78, 5) is 0. The SMILES string of the molecule is Cc1cc(Nc2ccccc2)c(N)cc1F. The van der Waals surface area contributed by atoms with Gasteiger partial charge in [-0.1, -0.05) is 18.2 Å². The summed E-state index contributed by atoms with van der Waals surface area (Å²) in [5, 5.41) is 3.15. The molecular weight excluding hydrogens is 203 g/mol. The first-order chi connectivity index (χ1) is 7.66. The number of anilines is 3. The molecular formula is C13H13FN2. The van der Waals surface area contributed by atoms with Crippen molar-refractivity contribution >= 4 is 17.1 Å². The largest absolute Gasteiger partial charge is 0.397 e. The lowest BCUT2D eigenvalue weighted by Crippen LogP contribution is -1.98. The van der Waals surface area contributed by atoms with E-state index in [9.17, 15) is 4.39 Å². The third-order valence-corrected chi connectivity index (χ3v) is 2.38. The van der Waals surface area contributed by atoms with Crippen molar-refractivity contribution in [3.8, 4) is 0 Å². The summed E-state index contributed by atoms with van der Waals surface area (Å²) < 4.78 is 13.2. The normalized spacial score (nSPS) is 10.1. The topological polar surface area (TPSA) is 38.0 Å². The summed E-state index contributed by atoms with van der Waals surface area (Å²) in [6, 6.07) is 12.7. The van der Waals surface area contributed by atoms with Crippen LogP contribution in [0.4, 0.5) is 21.5 Å². The van der Waals surface area contributed by atoms with Crippen LogP contribution in [-0.4, -0.2) is 0 Å². The summed E-state index contributed by atoms with van der Waals surface area (Å²) >= 11 is 0. The minimum absolute atomic E-state index is 0.281. The maximum atomic E-state index is 13.2. The number of halogens is 1. The fourth-order valence-electron chi connectivity index (χ4n) is 1.48. The molecule has 0 aliphatic rings. The molecule has 0 bridgehead atoms. The van der Waals surface area contributed by atoms with Crippen molar-refractivity contribution in [2.45, 2.75) is 6.92 Å². The van der Waals surface area contributed by atoms with Crippen molar-refractivity contribution in [2.75, 3.05) is 11.1 Å². The first-order valence-electron chi connectivity index (χ1n) is 5.04. The Hall–Kier alpha value is -2.03. The third kappa shape index (κ3) is 2.14. The second-order valence-corrected chi connectivity index (χ2v) is 3.68. The van der Waals surface area contributed by atoms with Gasteiger partial charge in [0.05, 0.1) is 11.4 Å². The summed E-state index contributed by atoms with van der Waals surface area (Å²) in [7, 11) is 0. The third-order valence-electron chi connectivity index (χ3n) is 2.38. The Balaban J connectivity index is 2.32. The maximum absolute atomic E-state index is 13.2. The first-order valence-corrected chi connectivity index (χ1v) is 5.04. The van der Waals surface area contributed by atoms with Crippen molar-refractivity contribution in [2.24, 2.45) is 0 Å². The Labute approximate surface area is 93.9 Å². The van der Waals surface area contributed by atoms with E-state index in [-0.39, 0.29) is 5.82 Å². The number of aryl methyl sites for hydroxylation is 1. The van der Waals surface area contributed by atoms with Crippen LogP contribution < -0.4 is 11.1 Å². The second kappa shape index (κ2) is 4.23. The number of hydrogen-bond acceptors (Lipinski definition) is 2. The van der Waals surface area contributed by atoms with E-state index in [1.807, 2.05) is 30.3 Å². The molecule has 82 valence electrons. The zero-order valence-corrected chi connectivity index (χ0v) is 9.00. The molecule has 0 aliphatic heterocycles. The minimum Gasteiger partial charge on any atom is -0.397 e. The molecule has 0 aliphatic carbocycles. The highest BCUT2D eigenvalue weighted by Gasteiger charge is 2.04. The molecule has 3 N–H and O–H groups in total. The quantitative estimate of drug-likeness (QED) is 0.754. The average molecular weight is 216 g/mol. The van der Waals surface area contributed by atoms with E-state index in [1.165, 1.54) is 6.07 Å². The van der Waals surface area contributed by atoms with Crippen LogP contribution in [-0.2, 0) is 0 Å². The number of nitrogens with one attached hydrogen (secondary N) is 1. The molecule has 2 rings (SSSR count). The highest BCUT2D eigenvalue weighted by Crippen LogP contribution is 2.25. The fraction of sp³-hybridized carbons (Fsp3) is 0.0769. The van der Waals surface area contributed by atoms with Crippen LogP contribution in [0.5, 0.6) is 0 Å². The van der Waals surface area contributed by atoms with Gasteiger partial charge in [0.25, 0.3) is 0 Å². The van der Waals surface area contributed by atoms with Crippen LogP contribution in [0.3, 0.4) is 0 Å². The van der Waals surface area contributed by atoms with Crippen molar-refractivity contribution in [3.05, 3.63) is 53.8 Å². The van der Waals surface area contributed by atoms with E-state index in [2.05, 4.69) is 5.32 Å². The number of nitrogens with two attached hydrogens (primary N) is 1. The van der Waals surface area contributed by atoms with E-state index in [4.69, 9.17) is 5.73 Å². The van der Waals surface area contributed by atoms with Gasteiger partial charge in [-0.3, -0.25) is 0 Å². The molecule has 2 aromatic rings. The fourth-order valence-corrected chi connectivity index (χ4v) is 1.48. The van der Waals surface area contributed by atoms with Gasteiger partial charge < -0.3 is 11.1 Å². The number of hydrogen-bond donors (Lipinski definition) is 2. The van der Waals surface area contributed by atoms with E-state index < -0.39 is 0 Å². The summed E-state index contributed by atoms with van der Waals surface area (Å²) in [5.74, 6) is -0.281. The van der Waals surface area contributed by atoms with Gasteiger partial charge in [-0.2, -0.15) is 0 Å². The molecule has 0 heterocycles. The van der Waals surface area contributed by atoms with Crippen molar-refractivity contribution < 1.29 is 4.39 Å². The highest BCUT2D eigenvalue weighted by atomic mass is 19.1. The minimum atomic E-state index is -0.281. The molecule has 0 amide bonds. The van der Waals surface area contributed by atoms with E-state index in [0.29, 0.717) is 11.3 Å². The smallest absolute Gasteiger partial charge is 0.128 e. The lowest BCUT2D eigenvalue weighted by Gasteiger charge is -2.10. The molecule has 0 spiro atoms. The molecule has 2 aromatic carbocycles. The number of nitrogen functional groups attached to an aromatic ring is 1. The molecule has 0 atom stereocenters. The van der Waals surface area contributed by atoms with Gasteiger partial charge in [0, 0.05) is 5.69 Å². The average Bonchev–Trinajstić information content (AvgIpc) is 2.27. The molecule has 0 unspecified atom stereocenters. The van der Waals surface area contributed by atoms with Crippen LogP contribution >= 0.6 is 0 Å². The summed E-state index contributed by atoms with van der Waals surface area (Å²) in [6.45, 7) is 1.71. The van der Waals surface area contributed by atoms with Crippen molar-refractivity contribution in [1.29, 1.82) is 0 Å². The van der Waals surface area contributed by atoms with Crippen molar-refractivity contribution in [3.63, 3.8) is 0 Å². The van der Waals surface area contributed by atoms with Gasteiger partial charge in [-0.05, 0) is 36.8 Å². The standard InChI is InChI=1S/C13H13FN2/c1-9-7-13(12(15)8-11(9)14)16-10-5-3-2-4-6-10/h2-8,16H,15H2,1H3. The van der Waals surface area contributed by atoms with E-state index >= 15 is 0 Å². The molecule has 0 saturated heterocycles. The van der Waals surface area contributed by atoms with Gasteiger partial charge in [0.15, 0.2) is 0 Å². The molecule has 0 fully saturated rings. The molecule has 2 nitrogen and oxygen atoms in total. The Morgan fingerprint density at radius 1 is 1.12 bits per heavy atom. The van der Waals surface area contributed by atoms with Crippen LogP contribution in [0, 0.1) is 12.7 Å². The molecule has 16 heavy (non-hydrogen) atoms. The lowest BCUT2D eigenvalue weighted by atomic mass is 10.1. The summed E-state index contributed by atoms with van der Waals surface area (Å²) in [5.41, 5.74) is 8.38. The Kier molecular flexibility index (Phi) is 2.77. The zero-order valence-electron chi connectivity index (χ0n) is 9.00. The number of benzene rings is 2. The Bertz CT molecular complexity index is 495. The summed E-state index contributed by atoms with van der Waals surface area (Å²) in [6.07, 6.45) is 0. The van der Waals surface area contributed by atoms with Gasteiger partial charge in [0.1, 0.15) is 5.82 Å². The number of rotatable bonds is 2. The lowest BCUT2D eigenvalue weighted by molar-refractivity contribution is 0.619. The van der Waals surface area contributed by atoms with E-state index in [1.54, 1.807) is 13.0 Å². The molecule has 0 aromatic heterocycles. The van der Waals surface area contributed by atoms with Gasteiger partial charge in [0.2, 0.25) is 0 Å². The maximum Gasteiger partial charge on any atom is 0.128 e. The van der Waals surface area contributed by atoms with Crippen molar-refractivity contribution in [1.82, 2.24) is 0 Å². The Morgan fingerprint density at radius 3 is 2.50 bits per heavy atom. The Morgan fingerprint density at radius 2 is 1.81 bits per heavy atom. The predicted molar refractivity (Wildman–Crippen MR) is 65.3 cm³/mol. The number of para-hydroxylation sites is 1. The molecule has 0 saturated carbocycles. The highest BCUT2D eigenvalue weighted by molar-refractivity contribution is 5.73. The monoisotopic (exact) mass is 216 g/mol. The van der Waals surface area contributed by atoms with Gasteiger partial charge in [-0.25, -0.2) is 4.39 Å². The predicted octanol–water partition coefficient (Wildman–Crippen LogP) is 3.46. The van der Waals surface area contributed by atoms with Crippen LogP contribution in [0.25, 0.3) is 0 Å². The molecule has 0 radical (unpaired) electrons. The zero-order chi connectivity index (χ0) is 11.5. The van der Waals surface area contributed by atoms with Gasteiger partial charge in [-0.15, -0.1) is 0 Å². The van der Waals surface area contributed by atoms with Crippen LogP contribution in [0.15, 0.2) is 42.5 Å². The first kappa shape index (κ1) is 10.5. The van der Waals surface area contributed by atoms with Gasteiger partial charge >= 0.3 is 0 Å². The van der Waals surface area contributed by atoms with E-state index in [0.717, 1.165) is 11.4 Å². The second-order valence-electron chi connectivity index (χ2n) is 3.68. The van der Waals surface area contributed by atoms with Crippen LogP contribution in [0.2, 0.25) is 0 Å². The molecule has 3 heteroatoms.